The van der Waals surface area contributed by atoms with Crippen molar-refractivity contribution in [1.82, 2.24) is 10.6 Å². The number of alkyl carbamates (subject to hydrolysis) is 1. The summed E-state index contributed by atoms with van der Waals surface area (Å²) in [7, 11) is 0. The van der Waals surface area contributed by atoms with Crippen molar-refractivity contribution in [2.45, 2.75) is 52.0 Å². The van der Waals surface area contributed by atoms with E-state index in [4.69, 9.17) is 4.74 Å². The Kier molecular flexibility index (Phi) is 6.39. The number of carbonyl (C=O) groups is 3. The quantitative estimate of drug-likeness (QED) is 0.566. The van der Waals surface area contributed by atoms with Crippen molar-refractivity contribution in [3.05, 3.63) is 59.7 Å². The summed E-state index contributed by atoms with van der Waals surface area (Å²) in [5.74, 6) is -1.38. The van der Waals surface area contributed by atoms with Crippen LogP contribution in [0, 0.1) is 10.8 Å². The van der Waals surface area contributed by atoms with E-state index in [1.54, 1.807) is 0 Å². The minimum atomic E-state index is -0.901. The average Bonchev–Trinajstić information content (AvgIpc) is 3.08. The Bertz CT molecular complexity index is 1050. The minimum Gasteiger partial charge on any atom is -0.481 e. The van der Waals surface area contributed by atoms with Crippen molar-refractivity contribution in [1.29, 1.82) is 0 Å². The summed E-state index contributed by atoms with van der Waals surface area (Å²) in [6, 6.07) is 15.3. The van der Waals surface area contributed by atoms with Crippen LogP contribution in [0.5, 0.6) is 0 Å². The highest BCUT2D eigenvalue weighted by Gasteiger charge is 2.45. The maximum Gasteiger partial charge on any atom is 0.407 e. The van der Waals surface area contributed by atoms with Gasteiger partial charge in [0.25, 0.3) is 0 Å². The lowest BCUT2D eigenvalue weighted by atomic mass is 9.68. The van der Waals surface area contributed by atoms with Gasteiger partial charge in [0.05, 0.1) is 5.41 Å². The van der Waals surface area contributed by atoms with Gasteiger partial charge < -0.3 is 20.5 Å². The third kappa shape index (κ3) is 4.52. The molecule has 2 aliphatic carbocycles. The third-order valence-corrected chi connectivity index (χ3v) is 7.10. The highest BCUT2D eigenvalue weighted by molar-refractivity contribution is 5.87. The smallest absolute Gasteiger partial charge is 0.407 e. The second kappa shape index (κ2) is 9.12. The number of aliphatic carboxylic acids is 1. The molecule has 0 unspecified atom stereocenters. The van der Waals surface area contributed by atoms with Crippen molar-refractivity contribution < 1.29 is 24.2 Å². The van der Waals surface area contributed by atoms with Gasteiger partial charge >= 0.3 is 12.1 Å². The zero-order valence-corrected chi connectivity index (χ0v) is 19.9. The zero-order chi connectivity index (χ0) is 24.5. The number of ether oxygens (including phenoxy) is 1. The summed E-state index contributed by atoms with van der Waals surface area (Å²) >= 11 is 0. The fraction of sp³-hybridized carbons (Fsp3) is 0.444. The van der Waals surface area contributed by atoms with Crippen LogP contribution in [-0.2, 0) is 14.3 Å². The van der Waals surface area contributed by atoms with Crippen LogP contribution in [0.15, 0.2) is 48.5 Å². The predicted octanol–water partition coefficient (Wildman–Crippen LogP) is 4.31. The normalized spacial score (nSPS) is 17.0. The number of carboxylic acid groups (broad SMARTS) is 1. The van der Waals surface area contributed by atoms with Gasteiger partial charge in [-0.3, -0.25) is 9.59 Å². The predicted molar refractivity (Wildman–Crippen MR) is 128 cm³/mol. The van der Waals surface area contributed by atoms with E-state index in [1.165, 1.54) is 0 Å². The van der Waals surface area contributed by atoms with E-state index in [-0.39, 0.29) is 19.1 Å². The van der Waals surface area contributed by atoms with Crippen LogP contribution in [0.25, 0.3) is 11.1 Å². The number of carboxylic acids is 1. The van der Waals surface area contributed by atoms with Crippen molar-refractivity contribution in [2.75, 3.05) is 13.2 Å². The molecule has 0 heterocycles. The number of amides is 2. The molecular weight excluding hydrogens is 432 g/mol. The molecule has 0 spiro atoms. The highest BCUT2D eigenvalue weighted by atomic mass is 16.5. The first-order chi connectivity index (χ1) is 16.1. The number of hydrogen-bond acceptors (Lipinski definition) is 4. The Hall–Kier alpha value is -3.35. The van der Waals surface area contributed by atoms with Crippen LogP contribution >= 0.6 is 0 Å². The van der Waals surface area contributed by atoms with Gasteiger partial charge in [-0.25, -0.2) is 4.79 Å². The standard InChI is InChI=1S/C27H32N2O5/c1-26(2,3)22(23(30)28-16-27(24(31)32)13-8-14-27)29-25(33)34-15-21-19-11-6-4-9-17(19)18-10-5-7-12-20(18)21/h4-7,9-12,21-22H,8,13-16H2,1-3H3,(H,28,30)(H,29,33)(H,31,32)/t22-/m1/s1. The molecule has 0 aliphatic heterocycles. The monoisotopic (exact) mass is 464 g/mol. The van der Waals surface area contributed by atoms with E-state index in [9.17, 15) is 19.5 Å². The summed E-state index contributed by atoms with van der Waals surface area (Å²) in [6.45, 7) is 5.74. The fourth-order valence-corrected chi connectivity index (χ4v) is 4.86. The molecule has 1 saturated carbocycles. The first-order valence-electron chi connectivity index (χ1n) is 11.7. The zero-order valence-electron chi connectivity index (χ0n) is 19.9. The molecule has 1 fully saturated rings. The SMILES string of the molecule is CC(C)(C)[C@H](NC(=O)OCC1c2ccccc2-c2ccccc21)C(=O)NCC1(C(=O)O)CCC1. The van der Waals surface area contributed by atoms with Crippen LogP contribution < -0.4 is 10.6 Å². The fourth-order valence-electron chi connectivity index (χ4n) is 4.86. The van der Waals surface area contributed by atoms with E-state index < -0.39 is 34.8 Å². The lowest BCUT2D eigenvalue weighted by Gasteiger charge is -2.38. The van der Waals surface area contributed by atoms with Crippen molar-refractivity contribution in [2.24, 2.45) is 10.8 Å². The minimum absolute atomic E-state index is 0.0557. The molecule has 0 bridgehead atoms. The van der Waals surface area contributed by atoms with Gasteiger partial charge in [-0.05, 0) is 40.5 Å². The molecule has 7 nitrogen and oxygen atoms in total. The van der Waals surface area contributed by atoms with Gasteiger partial charge in [-0.2, -0.15) is 0 Å². The van der Waals surface area contributed by atoms with E-state index >= 15 is 0 Å². The van der Waals surface area contributed by atoms with Gasteiger partial charge in [-0.1, -0.05) is 75.7 Å². The summed E-state index contributed by atoms with van der Waals surface area (Å²) in [5, 5.41) is 15.0. The summed E-state index contributed by atoms with van der Waals surface area (Å²) in [5.41, 5.74) is 3.01. The molecule has 2 aromatic carbocycles. The largest absolute Gasteiger partial charge is 0.481 e. The third-order valence-electron chi connectivity index (χ3n) is 7.10. The molecule has 0 saturated heterocycles. The molecule has 0 radical (unpaired) electrons. The molecule has 1 atom stereocenters. The van der Waals surface area contributed by atoms with E-state index in [2.05, 4.69) is 22.8 Å². The van der Waals surface area contributed by atoms with E-state index in [0.717, 1.165) is 28.7 Å². The van der Waals surface area contributed by atoms with Crippen LogP contribution in [-0.4, -0.2) is 42.3 Å². The Morgan fingerprint density at radius 3 is 2.06 bits per heavy atom. The van der Waals surface area contributed by atoms with Crippen LogP contribution in [0.2, 0.25) is 0 Å². The number of carbonyl (C=O) groups excluding carboxylic acids is 2. The number of rotatable bonds is 7. The van der Waals surface area contributed by atoms with Crippen molar-refractivity contribution >= 4 is 18.0 Å². The number of benzene rings is 2. The van der Waals surface area contributed by atoms with Crippen LogP contribution in [0.3, 0.4) is 0 Å². The number of nitrogens with one attached hydrogen (secondary N) is 2. The Labute approximate surface area is 199 Å². The number of hydrogen-bond donors (Lipinski definition) is 3. The maximum absolute atomic E-state index is 12.9. The summed E-state index contributed by atoms with van der Waals surface area (Å²) < 4.78 is 5.61. The molecule has 34 heavy (non-hydrogen) atoms. The molecule has 3 N–H and O–H groups in total. The molecule has 2 amide bonds. The molecule has 2 aliphatic rings. The molecule has 0 aromatic heterocycles. The second-order valence-electron chi connectivity index (χ2n) is 10.4. The molecule has 7 heteroatoms. The van der Waals surface area contributed by atoms with Gasteiger partial charge in [0.15, 0.2) is 0 Å². The average molecular weight is 465 g/mol. The summed E-state index contributed by atoms with van der Waals surface area (Å²) in [4.78, 5) is 37.3. The molecule has 4 rings (SSSR count). The van der Waals surface area contributed by atoms with Crippen LogP contribution in [0.4, 0.5) is 4.79 Å². The van der Waals surface area contributed by atoms with Crippen LogP contribution in [0.1, 0.15) is 57.1 Å². The number of fused-ring (bicyclic) bond motifs is 3. The second-order valence-corrected chi connectivity index (χ2v) is 10.4. The summed E-state index contributed by atoms with van der Waals surface area (Å²) in [6.07, 6.45) is 1.25. The highest BCUT2D eigenvalue weighted by Crippen LogP contribution is 2.44. The Balaban J connectivity index is 1.40. The first-order valence-corrected chi connectivity index (χ1v) is 11.7. The topological polar surface area (TPSA) is 105 Å². The van der Waals surface area contributed by atoms with Gasteiger partial charge in [0.1, 0.15) is 12.6 Å². The van der Waals surface area contributed by atoms with Crippen molar-refractivity contribution in [3.63, 3.8) is 0 Å². The molecule has 2 aromatic rings. The Morgan fingerprint density at radius 1 is 1.03 bits per heavy atom. The maximum atomic E-state index is 12.9. The lowest BCUT2D eigenvalue weighted by Crippen LogP contribution is -2.56. The first kappa shape index (κ1) is 23.8. The Morgan fingerprint density at radius 2 is 1.59 bits per heavy atom. The van der Waals surface area contributed by atoms with E-state index in [1.807, 2.05) is 57.2 Å². The van der Waals surface area contributed by atoms with Gasteiger partial charge in [0, 0.05) is 12.5 Å². The molecular formula is C27H32N2O5. The van der Waals surface area contributed by atoms with Gasteiger partial charge in [0.2, 0.25) is 5.91 Å². The van der Waals surface area contributed by atoms with Crippen molar-refractivity contribution in [3.8, 4) is 11.1 Å². The van der Waals surface area contributed by atoms with E-state index in [0.29, 0.717) is 12.8 Å². The molecule has 180 valence electrons. The van der Waals surface area contributed by atoms with Gasteiger partial charge in [-0.15, -0.1) is 0 Å². The lowest BCUT2D eigenvalue weighted by molar-refractivity contribution is -0.154.